The molecular weight excluding hydrogens is 176 g/mol. The molecule has 3 nitrogen and oxygen atoms in total. The Morgan fingerprint density at radius 1 is 1.43 bits per heavy atom. The van der Waals surface area contributed by atoms with Crippen molar-refractivity contribution in [3.05, 3.63) is 0 Å². The van der Waals surface area contributed by atoms with Crippen LogP contribution in [0.2, 0.25) is 0 Å². The highest BCUT2D eigenvalue weighted by atomic mass is 16.5. The van der Waals surface area contributed by atoms with E-state index in [9.17, 15) is 0 Å². The van der Waals surface area contributed by atoms with E-state index < -0.39 is 0 Å². The van der Waals surface area contributed by atoms with E-state index in [-0.39, 0.29) is 0 Å². The van der Waals surface area contributed by atoms with Gasteiger partial charge in [-0.2, -0.15) is 0 Å². The van der Waals surface area contributed by atoms with Gasteiger partial charge in [-0.25, -0.2) is 0 Å². The molecule has 0 spiro atoms. The second kappa shape index (κ2) is 7.21. The van der Waals surface area contributed by atoms with Gasteiger partial charge in [-0.15, -0.1) is 0 Å². The molecule has 3 N–H and O–H groups in total. The summed E-state index contributed by atoms with van der Waals surface area (Å²) in [6.45, 7) is 3.15. The van der Waals surface area contributed by atoms with E-state index in [4.69, 9.17) is 10.6 Å². The van der Waals surface area contributed by atoms with Gasteiger partial charge < -0.3 is 4.74 Å². The molecule has 0 radical (unpaired) electrons. The summed E-state index contributed by atoms with van der Waals surface area (Å²) in [5, 5.41) is 0. The first kappa shape index (κ1) is 12.0. The van der Waals surface area contributed by atoms with Crippen molar-refractivity contribution in [3.8, 4) is 0 Å². The molecule has 1 saturated heterocycles. The minimum atomic E-state index is 0.363. The van der Waals surface area contributed by atoms with E-state index in [1.807, 2.05) is 0 Å². The molecule has 1 aliphatic heterocycles. The minimum absolute atomic E-state index is 0.363. The van der Waals surface area contributed by atoms with Crippen LogP contribution in [-0.4, -0.2) is 18.8 Å². The number of hydrogen-bond acceptors (Lipinski definition) is 3. The lowest BCUT2D eigenvalue weighted by Crippen LogP contribution is -2.43. The van der Waals surface area contributed by atoms with Crippen molar-refractivity contribution in [1.82, 2.24) is 5.43 Å². The van der Waals surface area contributed by atoms with E-state index >= 15 is 0 Å². The predicted molar refractivity (Wildman–Crippen MR) is 58.8 cm³/mol. The van der Waals surface area contributed by atoms with Gasteiger partial charge in [0.2, 0.25) is 0 Å². The number of unbranched alkanes of at least 4 members (excludes halogenated alkanes) is 3. The molecular formula is C11H24N2O. The summed E-state index contributed by atoms with van der Waals surface area (Å²) in [6, 6.07) is 0.370. The molecule has 1 aliphatic rings. The van der Waals surface area contributed by atoms with Crippen LogP contribution in [0, 0.1) is 0 Å². The molecule has 14 heavy (non-hydrogen) atoms. The van der Waals surface area contributed by atoms with Crippen LogP contribution in [0.1, 0.15) is 51.9 Å². The topological polar surface area (TPSA) is 47.3 Å². The molecule has 2 unspecified atom stereocenters. The summed E-state index contributed by atoms with van der Waals surface area (Å²) < 4.78 is 5.62. The van der Waals surface area contributed by atoms with Gasteiger partial charge in [0, 0.05) is 12.6 Å². The fourth-order valence-corrected chi connectivity index (χ4v) is 2.09. The number of nitrogens with one attached hydrogen (secondary N) is 1. The van der Waals surface area contributed by atoms with E-state index in [1.54, 1.807) is 0 Å². The second-order valence-electron chi connectivity index (χ2n) is 4.17. The number of rotatable bonds is 7. The third-order valence-electron chi connectivity index (χ3n) is 3.00. The molecule has 0 amide bonds. The van der Waals surface area contributed by atoms with Crippen molar-refractivity contribution in [1.29, 1.82) is 0 Å². The van der Waals surface area contributed by atoms with E-state index in [0.29, 0.717) is 12.1 Å². The van der Waals surface area contributed by atoms with E-state index in [2.05, 4.69) is 12.3 Å². The van der Waals surface area contributed by atoms with Gasteiger partial charge in [0.05, 0.1) is 6.10 Å². The normalized spacial score (nSPS) is 24.0. The van der Waals surface area contributed by atoms with Crippen molar-refractivity contribution in [2.24, 2.45) is 5.84 Å². The summed E-state index contributed by atoms with van der Waals surface area (Å²) in [5.74, 6) is 5.54. The summed E-state index contributed by atoms with van der Waals surface area (Å²) in [5.41, 5.74) is 2.90. The number of nitrogens with two attached hydrogens (primary N) is 1. The summed E-state index contributed by atoms with van der Waals surface area (Å²) in [7, 11) is 0. The largest absolute Gasteiger partial charge is 0.377 e. The average molecular weight is 200 g/mol. The molecule has 1 fully saturated rings. The molecule has 0 aromatic rings. The van der Waals surface area contributed by atoms with Crippen LogP contribution in [0.25, 0.3) is 0 Å². The van der Waals surface area contributed by atoms with Gasteiger partial charge in [0.25, 0.3) is 0 Å². The summed E-state index contributed by atoms with van der Waals surface area (Å²) >= 11 is 0. The first-order valence-corrected chi connectivity index (χ1v) is 5.96. The van der Waals surface area contributed by atoms with Crippen LogP contribution >= 0.6 is 0 Å². The fraction of sp³-hybridized carbons (Fsp3) is 1.00. The first-order valence-electron chi connectivity index (χ1n) is 5.96. The lowest BCUT2D eigenvalue weighted by molar-refractivity contribution is 0.0747. The maximum atomic E-state index is 5.62. The SMILES string of the molecule is CCCCCCC(NN)C1CCCO1. The van der Waals surface area contributed by atoms with E-state index in [0.717, 1.165) is 13.0 Å². The molecule has 0 bridgehead atoms. The van der Waals surface area contributed by atoms with Crippen molar-refractivity contribution < 1.29 is 4.74 Å². The van der Waals surface area contributed by atoms with Gasteiger partial charge in [0.1, 0.15) is 0 Å². The van der Waals surface area contributed by atoms with E-state index in [1.165, 1.54) is 38.5 Å². The van der Waals surface area contributed by atoms with Crippen molar-refractivity contribution in [3.63, 3.8) is 0 Å². The molecule has 1 heterocycles. The molecule has 1 rings (SSSR count). The Balaban J connectivity index is 2.11. The summed E-state index contributed by atoms with van der Waals surface area (Å²) in [4.78, 5) is 0. The highest BCUT2D eigenvalue weighted by molar-refractivity contribution is 4.78. The Labute approximate surface area is 87.4 Å². The van der Waals surface area contributed by atoms with Gasteiger partial charge in [-0.05, 0) is 19.3 Å². The zero-order valence-electron chi connectivity index (χ0n) is 9.30. The van der Waals surface area contributed by atoms with Crippen LogP contribution in [0.4, 0.5) is 0 Å². The van der Waals surface area contributed by atoms with Crippen molar-refractivity contribution >= 4 is 0 Å². The molecule has 0 aromatic carbocycles. The Kier molecular flexibility index (Phi) is 6.15. The minimum Gasteiger partial charge on any atom is -0.377 e. The average Bonchev–Trinajstić information content (AvgIpc) is 2.71. The molecule has 0 saturated carbocycles. The Bertz CT molecular complexity index is 135. The van der Waals surface area contributed by atoms with Crippen LogP contribution < -0.4 is 11.3 Å². The quantitative estimate of drug-likeness (QED) is 0.375. The maximum Gasteiger partial charge on any atom is 0.0742 e. The lowest BCUT2D eigenvalue weighted by atomic mass is 10.0. The maximum absolute atomic E-state index is 5.62. The Hall–Kier alpha value is -0.120. The van der Waals surface area contributed by atoms with Crippen molar-refractivity contribution in [2.75, 3.05) is 6.61 Å². The Morgan fingerprint density at radius 3 is 2.86 bits per heavy atom. The molecule has 0 aromatic heterocycles. The molecule has 3 heteroatoms. The highest BCUT2D eigenvalue weighted by Gasteiger charge is 2.24. The fourth-order valence-electron chi connectivity index (χ4n) is 2.09. The number of hydrogen-bond donors (Lipinski definition) is 2. The van der Waals surface area contributed by atoms with Gasteiger partial charge in [0.15, 0.2) is 0 Å². The smallest absolute Gasteiger partial charge is 0.0742 e. The number of hydrazine groups is 1. The van der Waals surface area contributed by atoms with Crippen LogP contribution in [0.5, 0.6) is 0 Å². The molecule has 84 valence electrons. The van der Waals surface area contributed by atoms with Gasteiger partial charge in [-0.1, -0.05) is 32.6 Å². The second-order valence-corrected chi connectivity index (χ2v) is 4.17. The zero-order chi connectivity index (χ0) is 10.2. The van der Waals surface area contributed by atoms with Crippen LogP contribution in [0.3, 0.4) is 0 Å². The standard InChI is InChI=1S/C11H24N2O/c1-2-3-4-5-7-10(13-12)11-8-6-9-14-11/h10-11,13H,2-9,12H2,1H3. The number of ether oxygens (including phenoxy) is 1. The van der Waals surface area contributed by atoms with Gasteiger partial charge >= 0.3 is 0 Å². The Morgan fingerprint density at radius 2 is 2.29 bits per heavy atom. The monoisotopic (exact) mass is 200 g/mol. The first-order chi connectivity index (χ1) is 6.88. The summed E-state index contributed by atoms with van der Waals surface area (Å²) in [6.07, 6.45) is 9.09. The van der Waals surface area contributed by atoms with Crippen LogP contribution in [-0.2, 0) is 4.74 Å². The zero-order valence-corrected chi connectivity index (χ0v) is 9.30. The van der Waals surface area contributed by atoms with Gasteiger partial charge in [-0.3, -0.25) is 11.3 Å². The molecule has 0 aliphatic carbocycles. The lowest BCUT2D eigenvalue weighted by Gasteiger charge is -2.21. The highest BCUT2D eigenvalue weighted by Crippen LogP contribution is 2.19. The van der Waals surface area contributed by atoms with Crippen molar-refractivity contribution in [2.45, 2.75) is 64.0 Å². The van der Waals surface area contributed by atoms with Crippen LogP contribution in [0.15, 0.2) is 0 Å². The third kappa shape index (κ3) is 3.95. The molecule has 2 atom stereocenters. The third-order valence-corrected chi connectivity index (χ3v) is 3.00. The predicted octanol–water partition coefficient (Wildman–Crippen LogP) is 1.97.